The minimum absolute atomic E-state index is 0.0663. The van der Waals surface area contributed by atoms with Gasteiger partial charge in [-0.3, -0.25) is 14.4 Å². The number of carbonyl (C=O) groups excluding carboxylic acids is 2. The predicted octanol–water partition coefficient (Wildman–Crippen LogP) is 3.22. The number of benzene rings is 2. The molecule has 7 nitrogen and oxygen atoms in total. The first-order chi connectivity index (χ1) is 14.4. The van der Waals surface area contributed by atoms with Gasteiger partial charge in [-0.1, -0.05) is 25.1 Å². The van der Waals surface area contributed by atoms with Crippen LogP contribution in [0, 0.1) is 0 Å². The van der Waals surface area contributed by atoms with E-state index in [1.165, 1.54) is 17.7 Å². The number of carbonyl (C=O) groups is 2. The van der Waals surface area contributed by atoms with Crippen LogP contribution in [0.4, 0.5) is 0 Å². The van der Waals surface area contributed by atoms with Crippen molar-refractivity contribution >= 4 is 28.5 Å². The Morgan fingerprint density at radius 1 is 1.13 bits per heavy atom. The lowest BCUT2D eigenvalue weighted by molar-refractivity contribution is -0.114. The van der Waals surface area contributed by atoms with Gasteiger partial charge in [-0.2, -0.15) is 0 Å². The van der Waals surface area contributed by atoms with Crippen molar-refractivity contribution in [2.24, 2.45) is 7.05 Å². The van der Waals surface area contributed by atoms with Gasteiger partial charge in [0.05, 0.1) is 11.1 Å². The molecule has 1 aliphatic rings. The molecule has 0 aliphatic carbocycles. The maximum Gasteiger partial charge on any atom is 0.265 e. The zero-order valence-electron chi connectivity index (χ0n) is 16.5. The van der Waals surface area contributed by atoms with Crippen molar-refractivity contribution in [3.63, 3.8) is 0 Å². The number of nitrogens with zero attached hydrogens (tertiary/aromatic N) is 1. The number of fused-ring (bicyclic) bond motifs is 2. The van der Waals surface area contributed by atoms with Crippen LogP contribution in [0.2, 0.25) is 0 Å². The summed E-state index contributed by atoms with van der Waals surface area (Å²) in [4.78, 5) is 38.8. The van der Waals surface area contributed by atoms with E-state index in [0.29, 0.717) is 28.0 Å². The summed E-state index contributed by atoms with van der Waals surface area (Å²) < 4.78 is 11.9. The van der Waals surface area contributed by atoms with E-state index < -0.39 is 28.4 Å². The number of ether oxygens (including phenoxy) is 2. The Kier molecular flexibility index (Phi) is 4.87. The molecule has 0 bridgehead atoms. The Labute approximate surface area is 171 Å². The Balaban J connectivity index is 1.88. The van der Waals surface area contributed by atoms with E-state index >= 15 is 0 Å². The van der Waals surface area contributed by atoms with E-state index in [4.69, 9.17) is 9.47 Å². The minimum Gasteiger partial charge on any atom is -0.506 e. The summed E-state index contributed by atoms with van der Waals surface area (Å²) in [6.07, 6.45) is 1.47. The molecule has 0 saturated carbocycles. The lowest BCUT2D eigenvalue weighted by Crippen LogP contribution is -2.27. The fraction of sp³-hybridized carbons (Fsp3) is 0.174. The van der Waals surface area contributed by atoms with Crippen molar-refractivity contribution in [3.05, 3.63) is 69.5 Å². The first-order valence-corrected chi connectivity index (χ1v) is 9.42. The number of ketones is 2. The summed E-state index contributed by atoms with van der Waals surface area (Å²) in [5.41, 5.74) is -0.248. The fourth-order valence-corrected chi connectivity index (χ4v) is 3.45. The number of pyridine rings is 1. The van der Waals surface area contributed by atoms with E-state index in [1.807, 2.05) is 0 Å². The molecule has 2 aromatic carbocycles. The lowest BCUT2D eigenvalue weighted by atomic mass is 9.95. The molecular weight excluding hydrogens is 386 g/mol. The van der Waals surface area contributed by atoms with Crippen LogP contribution < -0.4 is 15.0 Å². The number of para-hydroxylation sites is 1. The van der Waals surface area contributed by atoms with E-state index in [-0.39, 0.29) is 18.8 Å². The quantitative estimate of drug-likeness (QED) is 0.303. The third kappa shape index (κ3) is 3.14. The molecule has 0 saturated heterocycles. The number of aromatic hydroxyl groups is 1. The zero-order chi connectivity index (χ0) is 21.4. The first kappa shape index (κ1) is 19.4. The molecule has 0 spiro atoms. The normalized spacial score (nSPS) is 12.9. The predicted molar refractivity (Wildman–Crippen MR) is 111 cm³/mol. The SMILES string of the molecule is CCC(=O)C(=Cc1ccc2c(c1)OCO2)C(=O)c1c(O)c2ccccc2n(C)c1=O. The van der Waals surface area contributed by atoms with Gasteiger partial charge in [0.15, 0.2) is 17.3 Å². The summed E-state index contributed by atoms with van der Waals surface area (Å²) in [7, 11) is 1.52. The van der Waals surface area contributed by atoms with Crippen molar-refractivity contribution in [3.8, 4) is 17.2 Å². The molecular formula is C23H19NO6. The smallest absolute Gasteiger partial charge is 0.265 e. The number of aryl methyl sites for hydroxylation is 1. The molecule has 0 fully saturated rings. The summed E-state index contributed by atoms with van der Waals surface area (Å²) in [6.45, 7) is 1.73. The van der Waals surface area contributed by atoms with Crippen molar-refractivity contribution < 1.29 is 24.2 Å². The van der Waals surface area contributed by atoms with Gasteiger partial charge in [-0.25, -0.2) is 0 Å². The molecule has 4 rings (SSSR count). The number of Topliss-reactive ketones (excluding diaryl/α,β-unsaturated/α-hetero) is 2. The summed E-state index contributed by atoms with van der Waals surface area (Å²) in [6, 6.07) is 11.7. The second-order valence-electron chi connectivity index (χ2n) is 6.88. The first-order valence-electron chi connectivity index (χ1n) is 9.42. The average Bonchev–Trinajstić information content (AvgIpc) is 3.23. The van der Waals surface area contributed by atoms with Crippen molar-refractivity contribution in [2.75, 3.05) is 6.79 Å². The average molecular weight is 405 g/mol. The molecule has 3 aromatic rings. The zero-order valence-corrected chi connectivity index (χ0v) is 16.5. The topological polar surface area (TPSA) is 94.8 Å². The van der Waals surface area contributed by atoms with Gasteiger partial charge in [-0.15, -0.1) is 0 Å². The second-order valence-corrected chi connectivity index (χ2v) is 6.88. The maximum absolute atomic E-state index is 13.3. The van der Waals surface area contributed by atoms with Crippen LogP contribution in [-0.2, 0) is 11.8 Å². The minimum atomic E-state index is -0.816. The summed E-state index contributed by atoms with van der Waals surface area (Å²) in [5, 5.41) is 11.1. The Bertz CT molecular complexity index is 1280. The summed E-state index contributed by atoms with van der Waals surface area (Å²) in [5.74, 6) is -0.610. The number of hydrogen-bond acceptors (Lipinski definition) is 6. The van der Waals surface area contributed by atoms with Crippen molar-refractivity contribution in [2.45, 2.75) is 13.3 Å². The Morgan fingerprint density at radius 3 is 2.63 bits per heavy atom. The lowest BCUT2D eigenvalue weighted by Gasteiger charge is -2.12. The van der Waals surface area contributed by atoms with Crippen LogP contribution in [0.1, 0.15) is 29.3 Å². The number of rotatable bonds is 5. The molecule has 1 N–H and O–H groups in total. The molecule has 1 aromatic heterocycles. The van der Waals surface area contributed by atoms with Gasteiger partial charge >= 0.3 is 0 Å². The second kappa shape index (κ2) is 7.51. The van der Waals surface area contributed by atoms with Gasteiger partial charge in [0, 0.05) is 18.9 Å². The number of allylic oxidation sites excluding steroid dienone is 1. The third-order valence-corrected chi connectivity index (χ3v) is 5.08. The van der Waals surface area contributed by atoms with E-state index in [2.05, 4.69) is 0 Å². The van der Waals surface area contributed by atoms with Gasteiger partial charge in [-0.05, 0) is 35.9 Å². The standard InChI is InChI=1S/C23H19NO6/c1-3-17(25)15(10-13-8-9-18-19(11-13)30-12-29-18)22(27)20-21(26)14-6-4-5-7-16(14)24(2)23(20)28/h4-11,26H,3,12H2,1-2H3. The highest BCUT2D eigenvalue weighted by Crippen LogP contribution is 2.34. The monoisotopic (exact) mass is 405 g/mol. The summed E-state index contributed by atoms with van der Waals surface area (Å²) >= 11 is 0. The molecule has 152 valence electrons. The third-order valence-electron chi connectivity index (χ3n) is 5.08. The van der Waals surface area contributed by atoms with Gasteiger partial charge < -0.3 is 19.1 Å². The van der Waals surface area contributed by atoms with E-state index in [0.717, 1.165) is 0 Å². The molecule has 0 amide bonds. The molecule has 2 heterocycles. The van der Waals surface area contributed by atoms with Gasteiger partial charge in [0.2, 0.25) is 12.6 Å². The highest BCUT2D eigenvalue weighted by atomic mass is 16.7. The molecule has 0 radical (unpaired) electrons. The van der Waals surface area contributed by atoms with Crippen LogP contribution >= 0.6 is 0 Å². The number of hydrogen-bond donors (Lipinski definition) is 1. The molecule has 0 unspecified atom stereocenters. The maximum atomic E-state index is 13.3. The van der Waals surface area contributed by atoms with E-state index in [1.54, 1.807) is 49.4 Å². The Morgan fingerprint density at radius 2 is 1.87 bits per heavy atom. The fourth-order valence-electron chi connectivity index (χ4n) is 3.45. The van der Waals surface area contributed by atoms with Gasteiger partial charge in [0.25, 0.3) is 5.56 Å². The van der Waals surface area contributed by atoms with Crippen LogP contribution in [0.5, 0.6) is 17.2 Å². The van der Waals surface area contributed by atoms with E-state index in [9.17, 15) is 19.5 Å². The van der Waals surface area contributed by atoms with Crippen LogP contribution in [-0.4, -0.2) is 28.0 Å². The molecule has 0 atom stereocenters. The Hall–Kier alpha value is -3.87. The van der Waals surface area contributed by atoms with Crippen LogP contribution in [0.25, 0.3) is 17.0 Å². The highest BCUT2D eigenvalue weighted by Gasteiger charge is 2.27. The highest BCUT2D eigenvalue weighted by molar-refractivity contribution is 6.30. The molecule has 7 heteroatoms. The largest absolute Gasteiger partial charge is 0.506 e. The van der Waals surface area contributed by atoms with Gasteiger partial charge in [0.1, 0.15) is 11.3 Å². The molecule has 30 heavy (non-hydrogen) atoms. The number of aromatic nitrogens is 1. The van der Waals surface area contributed by atoms with Crippen molar-refractivity contribution in [1.82, 2.24) is 4.57 Å². The van der Waals surface area contributed by atoms with Crippen molar-refractivity contribution in [1.29, 1.82) is 0 Å². The van der Waals surface area contributed by atoms with Crippen LogP contribution in [0.3, 0.4) is 0 Å². The van der Waals surface area contributed by atoms with Crippen LogP contribution in [0.15, 0.2) is 52.8 Å². The molecule has 1 aliphatic heterocycles.